The van der Waals surface area contributed by atoms with Crippen LogP contribution in [0.5, 0.6) is 5.75 Å². The van der Waals surface area contributed by atoms with Crippen LogP contribution >= 0.6 is 0 Å². The van der Waals surface area contributed by atoms with Gasteiger partial charge in [0.1, 0.15) is 12.4 Å². The molecule has 150 valence electrons. The number of nitrogens with one attached hydrogen (secondary N) is 1. The lowest BCUT2D eigenvalue weighted by Gasteiger charge is -2.18. The van der Waals surface area contributed by atoms with Crippen molar-refractivity contribution in [1.29, 1.82) is 0 Å². The van der Waals surface area contributed by atoms with Crippen LogP contribution in [-0.4, -0.2) is 38.9 Å². The fourth-order valence-corrected chi connectivity index (χ4v) is 5.18. The third-order valence-corrected chi connectivity index (χ3v) is 6.97. The van der Waals surface area contributed by atoms with Crippen molar-refractivity contribution in [2.45, 2.75) is 39.5 Å². The molecule has 0 bridgehead atoms. The summed E-state index contributed by atoms with van der Waals surface area (Å²) in [5, 5.41) is 0. The van der Waals surface area contributed by atoms with Crippen LogP contribution in [0.25, 0.3) is 0 Å². The monoisotopic (exact) mass is 402 g/mol. The molecular formula is C21H26N2O4S. The number of carbonyl (C=O) groups is 1. The number of fused-ring (bicyclic) bond motifs is 1. The van der Waals surface area contributed by atoms with Crippen molar-refractivity contribution in [3.63, 3.8) is 0 Å². The fourth-order valence-electron chi connectivity index (χ4n) is 3.52. The summed E-state index contributed by atoms with van der Waals surface area (Å²) in [6.07, 6.45) is 0. The molecule has 6 nitrogen and oxygen atoms in total. The van der Waals surface area contributed by atoms with E-state index >= 15 is 0 Å². The first-order valence-corrected chi connectivity index (χ1v) is 10.8. The molecule has 1 amide bonds. The van der Waals surface area contributed by atoms with Gasteiger partial charge >= 0.3 is 0 Å². The van der Waals surface area contributed by atoms with Crippen molar-refractivity contribution in [3.8, 4) is 5.75 Å². The van der Waals surface area contributed by atoms with E-state index in [-0.39, 0.29) is 10.8 Å². The van der Waals surface area contributed by atoms with Gasteiger partial charge in [0.05, 0.1) is 17.0 Å². The molecule has 0 aromatic heterocycles. The summed E-state index contributed by atoms with van der Waals surface area (Å²) in [5.74, 6) is 0.317. The Bertz CT molecular complexity index is 1020. The normalized spacial score (nSPS) is 14.3. The van der Waals surface area contributed by atoms with E-state index in [0.717, 1.165) is 22.3 Å². The molecule has 1 aliphatic heterocycles. The zero-order chi connectivity index (χ0) is 20.6. The van der Waals surface area contributed by atoms with Gasteiger partial charge in [0.25, 0.3) is 15.9 Å². The Morgan fingerprint density at radius 1 is 1.07 bits per heavy atom. The summed E-state index contributed by atoms with van der Waals surface area (Å²) in [6, 6.07) is 6.81. The van der Waals surface area contributed by atoms with E-state index in [0.29, 0.717) is 36.7 Å². The third kappa shape index (κ3) is 3.58. The average molecular weight is 403 g/mol. The molecule has 0 aliphatic carbocycles. The Morgan fingerprint density at radius 2 is 1.71 bits per heavy atom. The molecule has 0 spiro atoms. The Labute approximate surface area is 166 Å². The number of sulfonamides is 1. The number of benzene rings is 2. The molecule has 2 aromatic carbocycles. The van der Waals surface area contributed by atoms with Gasteiger partial charge in [0, 0.05) is 12.2 Å². The number of rotatable bonds is 4. The zero-order valence-electron chi connectivity index (χ0n) is 16.9. The lowest BCUT2D eigenvalue weighted by molar-refractivity contribution is 0.0765. The highest BCUT2D eigenvalue weighted by molar-refractivity contribution is 7.92. The molecule has 1 heterocycles. The van der Waals surface area contributed by atoms with E-state index in [1.165, 1.54) is 0 Å². The van der Waals surface area contributed by atoms with Gasteiger partial charge in [-0.05, 0) is 75.1 Å². The lowest BCUT2D eigenvalue weighted by atomic mass is 10.0. The van der Waals surface area contributed by atoms with E-state index in [9.17, 15) is 13.2 Å². The van der Waals surface area contributed by atoms with E-state index < -0.39 is 10.0 Å². The summed E-state index contributed by atoms with van der Waals surface area (Å²) in [5.41, 5.74) is 4.00. The van der Waals surface area contributed by atoms with Gasteiger partial charge in [-0.25, -0.2) is 8.42 Å². The van der Waals surface area contributed by atoms with E-state index in [2.05, 4.69) is 4.72 Å². The largest absolute Gasteiger partial charge is 0.491 e. The van der Waals surface area contributed by atoms with Crippen LogP contribution in [0.1, 0.15) is 39.5 Å². The van der Waals surface area contributed by atoms with Crippen molar-refractivity contribution in [1.82, 2.24) is 4.90 Å². The van der Waals surface area contributed by atoms with Gasteiger partial charge < -0.3 is 9.64 Å². The number of hydrogen-bond acceptors (Lipinski definition) is 4. The standard InChI is InChI=1S/C21H26N2O4S/c1-6-23-9-10-27-19-8-7-17(12-18(19)21(23)24)22-28(25,26)20-15(4)13(2)11-14(3)16(20)5/h7-8,11-12,22H,6,9-10H2,1-5H3. The molecule has 0 atom stereocenters. The summed E-state index contributed by atoms with van der Waals surface area (Å²) in [4.78, 5) is 14.7. The maximum absolute atomic E-state index is 13.1. The molecule has 0 fully saturated rings. The number of amides is 1. The summed E-state index contributed by atoms with van der Waals surface area (Å²) < 4.78 is 34.6. The fraction of sp³-hybridized carbons (Fsp3) is 0.381. The SMILES string of the molecule is CCN1CCOc2ccc(NS(=O)(=O)c3c(C)c(C)cc(C)c3C)cc2C1=O. The van der Waals surface area contributed by atoms with E-state index in [1.54, 1.807) is 23.1 Å². The number of hydrogen-bond donors (Lipinski definition) is 1. The third-order valence-electron chi connectivity index (χ3n) is 5.32. The Morgan fingerprint density at radius 3 is 2.32 bits per heavy atom. The number of aryl methyl sites for hydroxylation is 2. The topological polar surface area (TPSA) is 75.7 Å². The van der Waals surface area contributed by atoms with Crippen LogP contribution < -0.4 is 9.46 Å². The molecule has 0 radical (unpaired) electrons. The molecule has 0 saturated carbocycles. The van der Waals surface area contributed by atoms with Crippen molar-refractivity contribution in [3.05, 3.63) is 52.1 Å². The molecule has 0 saturated heterocycles. The molecular weight excluding hydrogens is 376 g/mol. The minimum Gasteiger partial charge on any atom is -0.491 e. The highest BCUT2D eigenvalue weighted by Crippen LogP contribution is 2.30. The second-order valence-electron chi connectivity index (χ2n) is 7.14. The second kappa shape index (κ2) is 7.47. The predicted octanol–water partition coefficient (Wildman–Crippen LogP) is 3.58. The minimum absolute atomic E-state index is 0.158. The van der Waals surface area contributed by atoms with Crippen LogP contribution in [0.2, 0.25) is 0 Å². The molecule has 1 N–H and O–H groups in total. The van der Waals surface area contributed by atoms with Crippen LogP contribution in [0.15, 0.2) is 29.2 Å². The van der Waals surface area contributed by atoms with Gasteiger partial charge in [0.15, 0.2) is 0 Å². The number of ether oxygens (including phenoxy) is 1. The lowest BCUT2D eigenvalue weighted by Crippen LogP contribution is -2.32. The molecule has 3 rings (SSSR count). The average Bonchev–Trinajstić information content (AvgIpc) is 2.78. The second-order valence-corrected chi connectivity index (χ2v) is 8.76. The van der Waals surface area contributed by atoms with Crippen LogP contribution in [0.4, 0.5) is 5.69 Å². The van der Waals surface area contributed by atoms with Crippen molar-refractivity contribution < 1.29 is 17.9 Å². The van der Waals surface area contributed by atoms with Crippen molar-refractivity contribution in [2.24, 2.45) is 0 Å². The van der Waals surface area contributed by atoms with Gasteiger partial charge in [-0.2, -0.15) is 0 Å². The highest BCUT2D eigenvalue weighted by atomic mass is 32.2. The molecule has 7 heteroatoms. The summed E-state index contributed by atoms with van der Waals surface area (Å²) in [6.45, 7) is 10.8. The maximum Gasteiger partial charge on any atom is 0.262 e. The molecule has 0 unspecified atom stereocenters. The Balaban J connectivity index is 2.03. The van der Waals surface area contributed by atoms with Gasteiger partial charge in [0.2, 0.25) is 0 Å². The number of carbonyl (C=O) groups excluding carboxylic acids is 1. The van der Waals surface area contributed by atoms with Crippen LogP contribution in [-0.2, 0) is 10.0 Å². The Hall–Kier alpha value is -2.54. The highest BCUT2D eigenvalue weighted by Gasteiger charge is 2.25. The molecule has 28 heavy (non-hydrogen) atoms. The summed E-state index contributed by atoms with van der Waals surface area (Å²) in [7, 11) is -3.81. The molecule has 1 aliphatic rings. The quantitative estimate of drug-likeness (QED) is 0.848. The predicted molar refractivity (Wildman–Crippen MR) is 110 cm³/mol. The Kier molecular flexibility index (Phi) is 5.39. The van der Waals surface area contributed by atoms with Gasteiger partial charge in [-0.3, -0.25) is 9.52 Å². The van der Waals surface area contributed by atoms with E-state index in [1.807, 2.05) is 40.7 Å². The first kappa shape index (κ1) is 20.2. The first-order valence-electron chi connectivity index (χ1n) is 9.32. The van der Waals surface area contributed by atoms with Crippen molar-refractivity contribution >= 4 is 21.6 Å². The summed E-state index contributed by atoms with van der Waals surface area (Å²) >= 11 is 0. The number of likely N-dealkylation sites (N-methyl/N-ethyl adjacent to an activating group) is 1. The van der Waals surface area contributed by atoms with E-state index in [4.69, 9.17) is 4.74 Å². The maximum atomic E-state index is 13.1. The van der Waals surface area contributed by atoms with Crippen molar-refractivity contribution in [2.75, 3.05) is 24.4 Å². The first-order chi connectivity index (χ1) is 13.2. The number of anilines is 1. The van der Waals surface area contributed by atoms with Crippen LogP contribution in [0, 0.1) is 27.7 Å². The zero-order valence-corrected chi connectivity index (χ0v) is 17.7. The minimum atomic E-state index is -3.81. The molecule has 2 aromatic rings. The van der Waals surface area contributed by atoms with Crippen LogP contribution in [0.3, 0.4) is 0 Å². The number of nitrogens with zero attached hydrogens (tertiary/aromatic N) is 1. The van der Waals surface area contributed by atoms with Gasteiger partial charge in [-0.1, -0.05) is 6.07 Å². The van der Waals surface area contributed by atoms with Gasteiger partial charge in [-0.15, -0.1) is 0 Å². The smallest absolute Gasteiger partial charge is 0.262 e.